The summed E-state index contributed by atoms with van der Waals surface area (Å²) in [7, 11) is 1.69. The van der Waals surface area contributed by atoms with E-state index in [1.165, 1.54) is 16.8 Å². The van der Waals surface area contributed by atoms with Gasteiger partial charge in [0.2, 0.25) is 0 Å². The van der Waals surface area contributed by atoms with Crippen LogP contribution in [0.2, 0.25) is 0 Å². The van der Waals surface area contributed by atoms with Crippen molar-refractivity contribution in [2.75, 3.05) is 20.2 Å². The molecular formula is C15H19N3O. The molecule has 0 amide bonds. The Balaban J connectivity index is 1.92. The zero-order valence-electron chi connectivity index (χ0n) is 11.4. The van der Waals surface area contributed by atoms with E-state index in [-0.39, 0.29) is 0 Å². The number of nitrogens with zero attached hydrogens (tertiary/aromatic N) is 2. The summed E-state index contributed by atoms with van der Waals surface area (Å²) >= 11 is 0. The summed E-state index contributed by atoms with van der Waals surface area (Å²) in [6.07, 6.45) is 3.13. The normalized spacial score (nSPS) is 18.7. The van der Waals surface area contributed by atoms with E-state index in [2.05, 4.69) is 34.2 Å². The molecule has 1 atom stereocenters. The fourth-order valence-electron chi connectivity index (χ4n) is 2.69. The van der Waals surface area contributed by atoms with Gasteiger partial charge in [-0.25, -0.2) is 0 Å². The van der Waals surface area contributed by atoms with E-state index >= 15 is 0 Å². The van der Waals surface area contributed by atoms with Crippen molar-refractivity contribution in [2.45, 2.75) is 19.4 Å². The van der Waals surface area contributed by atoms with Crippen molar-refractivity contribution in [1.82, 2.24) is 15.1 Å². The van der Waals surface area contributed by atoms with Crippen LogP contribution in [0.15, 0.2) is 30.5 Å². The molecule has 19 heavy (non-hydrogen) atoms. The lowest BCUT2D eigenvalue weighted by Gasteiger charge is -2.12. The summed E-state index contributed by atoms with van der Waals surface area (Å²) in [5.41, 5.74) is 3.63. The quantitative estimate of drug-likeness (QED) is 0.917. The van der Waals surface area contributed by atoms with Crippen molar-refractivity contribution in [1.29, 1.82) is 0 Å². The zero-order chi connectivity index (χ0) is 13.2. The highest BCUT2D eigenvalue weighted by atomic mass is 16.5. The second-order valence-corrected chi connectivity index (χ2v) is 4.96. The molecule has 1 saturated heterocycles. The number of benzene rings is 1. The van der Waals surface area contributed by atoms with Crippen LogP contribution in [0, 0.1) is 6.92 Å². The number of hydrogen-bond donors (Lipinski definition) is 1. The van der Waals surface area contributed by atoms with Crippen LogP contribution < -0.4 is 10.1 Å². The van der Waals surface area contributed by atoms with Gasteiger partial charge in [0.05, 0.1) is 19.3 Å². The van der Waals surface area contributed by atoms with E-state index < -0.39 is 0 Å². The Hall–Kier alpha value is -1.81. The van der Waals surface area contributed by atoms with E-state index in [9.17, 15) is 0 Å². The lowest BCUT2D eigenvalue weighted by atomic mass is 10.1. The largest absolute Gasteiger partial charge is 0.497 e. The summed E-state index contributed by atoms with van der Waals surface area (Å²) < 4.78 is 7.35. The van der Waals surface area contributed by atoms with Gasteiger partial charge in [-0.2, -0.15) is 5.10 Å². The predicted molar refractivity (Wildman–Crippen MR) is 75.5 cm³/mol. The van der Waals surface area contributed by atoms with Gasteiger partial charge in [0.1, 0.15) is 5.75 Å². The molecule has 0 spiro atoms. The van der Waals surface area contributed by atoms with Gasteiger partial charge in [0, 0.05) is 17.8 Å². The number of nitrogens with one attached hydrogen (secondary N) is 1. The summed E-state index contributed by atoms with van der Waals surface area (Å²) in [6, 6.07) is 8.64. The van der Waals surface area contributed by atoms with Crippen LogP contribution in [0.3, 0.4) is 0 Å². The maximum absolute atomic E-state index is 5.19. The van der Waals surface area contributed by atoms with Crippen LogP contribution in [0.4, 0.5) is 0 Å². The summed E-state index contributed by atoms with van der Waals surface area (Å²) in [5.74, 6) is 0.883. The number of methoxy groups -OCH3 is 1. The molecule has 2 heterocycles. The minimum Gasteiger partial charge on any atom is -0.497 e. The standard InChI is InChI=1S/C15H19N3O/c1-11-15(12-3-5-14(19-2)6-4-12)10-17-18(11)13-7-8-16-9-13/h3-6,10,13,16H,7-9H2,1-2H3. The summed E-state index contributed by atoms with van der Waals surface area (Å²) in [5, 5.41) is 7.95. The van der Waals surface area contributed by atoms with Crippen LogP contribution in [0.1, 0.15) is 18.2 Å². The third-order valence-electron chi connectivity index (χ3n) is 3.83. The maximum atomic E-state index is 5.19. The van der Waals surface area contributed by atoms with Crippen molar-refractivity contribution in [3.8, 4) is 16.9 Å². The Morgan fingerprint density at radius 2 is 2.11 bits per heavy atom. The van der Waals surface area contributed by atoms with Crippen molar-refractivity contribution in [3.05, 3.63) is 36.2 Å². The molecule has 1 aromatic heterocycles. The van der Waals surface area contributed by atoms with Crippen molar-refractivity contribution >= 4 is 0 Å². The molecule has 1 aromatic carbocycles. The van der Waals surface area contributed by atoms with E-state index in [0.717, 1.165) is 25.3 Å². The smallest absolute Gasteiger partial charge is 0.118 e. The molecule has 1 fully saturated rings. The van der Waals surface area contributed by atoms with Gasteiger partial charge in [-0.3, -0.25) is 4.68 Å². The molecule has 1 N–H and O–H groups in total. The van der Waals surface area contributed by atoms with Crippen LogP contribution >= 0.6 is 0 Å². The van der Waals surface area contributed by atoms with E-state index in [1.807, 2.05) is 18.3 Å². The van der Waals surface area contributed by atoms with Gasteiger partial charge < -0.3 is 10.1 Å². The van der Waals surface area contributed by atoms with Gasteiger partial charge >= 0.3 is 0 Å². The number of rotatable bonds is 3. The highest BCUT2D eigenvalue weighted by Gasteiger charge is 2.20. The van der Waals surface area contributed by atoms with Crippen molar-refractivity contribution in [2.24, 2.45) is 0 Å². The van der Waals surface area contributed by atoms with E-state index in [1.54, 1.807) is 7.11 Å². The molecule has 0 saturated carbocycles. The number of ether oxygens (including phenoxy) is 1. The van der Waals surface area contributed by atoms with Crippen molar-refractivity contribution < 1.29 is 4.74 Å². The molecule has 0 radical (unpaired) electrons. The lowest BCUT2D eigenvalue weighted by molar-refractivity contribution is 0.415. The van der Waals surface area contributed by atoms with Crippen molar-refractivity contribution in [3.63, 3.8) is 0 Å². The first-order valence-corrected chi connectivity index (χ1v) is 6.69. The first kappa shape index (κ1) is 12.2. The highest BCUT2D eigenvalue weighted by Crippen LogP contribution is 2.27. The molecule has 1 unspecified atom stereocenters. The fraction of sp³-hybridized carbons (Fsp3) is 0.400. The molecule has 3 rings (SSSR count). The zero-order valence-corrected chi connectivity index (χ0v) is 11.4. The second kappa shape index (κ2) is 5.05. The van der Waals surface area contributed by atoms with Gasteiger partial charge in [-0.05, 0) is 37.6 Å². The minimum atomic E-state index is 0.493. The van der Waals surface area contributed by atoms with Gasteiger partial charge in [-0.1, -0.05) is 12.1 Å². The summed E-state index contributed by atoms with van der Waals surface area (Å²) in [4.78, 5) is 0. The summed E-state index contributed by atoms with van der Waals surface area (Å²) in [6.45, 7) is 4.25. The Kier molecular flexibility index (Phi) is 3.25. The lowest BCUT2D eigenvalue weighted by Crippen LogP contribution is -2.15. The maximum Gasteiger partial charge on any atom is 0.118 e. The Bertz CT molecular complexity index is 553. The SMILES string of the molecule is COc1ccc(-c2cnn(C3CCNC3)c2C)cc1. The Labute approximate surface area is 113 Å². The first-order valence-electron chi connectivity index (χ1n) is 6.69. The molecule has 4 nitrogen and oxygen atoms in total. The predicted octanol–water partition coefficient (Wildman–Crippen LogP) is 2.40. The van der Waals surface area contributed by atoms with Gasteiger partial charge in [0.25, 0.3) is 0 Å². The third-order valence-corrected chi connectivity index (χ3v) is 3.83. The first-order chi connectivity index (χ1) is 9.29. The van der Waals surface area contributed by atoms with Crippen LogP contribution in [0.25, 0.3) is 11.1 Å². The fourth-order valence-corrected chi connectivity index (χ4v) is 2.69. The average Bonchev–Trinajstić information content (AvgIpc) is 3.08. The Morgan fingerprint density at radius 1 is 1.32 bits per heavy atom. The molecule has 0 aliphatic carbocycles. The number of aromatic nitrogens is 2. The van der Waals surface area contributed by atoms with Crippen LogP contribution in [0.5, 0.6) is 5.75 Å². The van der Waals surface area contributed by atoms with Crippen LogP contribution in [-0.4, -0.2) is 30.0 Å². The highest BCUT2D eigenvalue weighted by molar-refractivity contribution is 5.65. The average molecular weight is 257 g/mol. The molecule has 1 aliphatic rings. The number of hydrogen-bond acceptors (Lipinski definition) is 3. The molecule has 2 aromatic rings. The second-order valence-electron chi connectivity index (χ2n) is 4.96. The monoisotopic (exact) mass is 257 g/mol. The molecule has 100 valence electrons. The van der Waals surface area contributed by atoms with E-state index in [4.69, 9.17) is 4.74 Å². The van der Waals surface area contributed by atoms with Crippen LogP contribution in [-0.2, 0) is 0 Å². The third kappa shape index (κ3) is 2.24. The van der Waals surface area contributed by atoms with Gasteiger partial charge in [-0.15, -0.1) is 0 Å². The molecule has 1 aliphatic heterocycles. The topological polar surface area (TPSA) is 39.1 Å². The molecule has 4 heteroatoms. The minimum absolute atomic E-state index is 0.493. The molecular weight excluding hydrogens is 238 g/mol. The molecule has 0 bridgehead atoms. The Morgan fingerprint density at radius 3 is 2.74 bits per heavy atom. The van der Waals surface area contributed by atoms with E-state index in [0.29, 0.717) is 6.04 Å². The van der Waals surface area contributed by atoms with Gasteiger partial charge in [0.15, 0.2) is 0 Å².